The second-order valence-corrected chi connectivity index (χ2v) is 7.75. The third-order valence-corrected chi connectivity index (χ3v) is 5.47. The summed E-state index contributed by atoms with van der Waals surface area (Å²) in [6.07, 6.45) is 4.56. The van der Waals surface area contributed by atoms with Gasteiger partial charge in [0.1, 0.15) is 12.7 Å². The molecule has 30 heavy (non-hydrogen) atoms. The quantitative estimate of drug-likeness (QED) is 0.651. The molecule has 0 bridgehead atoms. The number of ether oxygens (including phenoxy) is 2. The molecule has 1 fully saturated rings. The van der Waals surface area contributed by atoms with Crippen molar-refractivity contribution in [1.29, 1.82) is 0 Å². The molecule has 1 atom stereocenters. The van der Waals surface area contributed by atoms with Crippen molar-refractivity contribution in [2.24, 2.45) is 0 Å². The highest BCUT2D eigenvalue weighted by Gasteiger charge is 2.19. The van der Waals surface area contributed by atoms with Crippen LogP contribution in [0, 0.1) is 0 Å². The Balaban J connectivity index is 1.38. The Hall–Kier alpha value is -2.34. The number of rotatable bonds is 10. The van der Waals surface area contributed by atoms with E-state index in [4.69, 9.17) is 9.47 Å². The SMILES string of the molecule is C/C=C/c1ccc(OCC(O)CN2CCN(CCc3ccccc3)CC2)c(OC)c1. The Bertz CT molecular complexity index is 786. The van der Waals surface area contributed by atoms with Crippen molar-refractivity contribution in [3.8, 4) is 11.5 Å². The zero-order valence-electron chi connectivity index (χ0n) is 18.2. The smallest absolute Gasteiger partial charge is 0.161 e. The number of hydrogen-bond donors (Lipinski definition) is 1. The minimum Gasteiger partial charge on any atom is -0.493 e. The van der Waals surface area contributed by atoms with Crippen molar-refractivity contribution in [1.82, 2.24) is 9.80 Å². The predicted molar refractivity (Wildman–Crippen MR) is 122 cm³/mol. The van der Waals surface area contributed by atoms with Gasteiger partial charge in [0.05, 0.1) is 7.11 Å². The van der Waals surface area contributed by atoms with Crippen molar-refractivity contribution in [3.63, 3.8) is 0 Å². The minimum absolute atomic E-state index is 0.257. The molecule has 0 radical (unpaired) electrons. The first-order valence-electron chi connectivity index (χ1n) is 10.8. The van der Waals surface area contributed by atoms with E-state index >= 15 is 0 Å². The maximum absolute atomic E-state index is 10.5. The molecule has 162 valence electrons. The number of allylic oxidation sites excluding steroid dienone is 1. The van der Waals surface area contributed by atoms with Crippen LogP contribution in [0.1, 0.15) is 18.1 Å². The van der Waals surface area contributed by atoms with Gasteiger partial charge in [-0.05, 0) is 36.6 Å². The van der Waals surface area contributed by atoms with Gasteiger partial charge in [-0.25, -0.2) is 0 Å². The predicted octanol–water partition coefficient (Wildman–Crippen LogP) is 3.33. The lowest BCUT2D eigenvalue weighted by Gasteiger charge is -2.35. The summed E-state index contributed by atoms with van der Waals surface area (Å²) in [5.74, 6) is 1.35. The molecule has 0 saturated carbocycles. The van der Waals surface area contributed by atoms with Crippen LogP contribution in [0.3, 0.4) is 0 Å². The van der Waals surface area contributed by atoms with Crippen LogP contribution in [0.2, 0.25) is 0 Å². The molecule has 5 nitrogen and oxygen atoms in total. The number of piperazine rings is 1. The Morgan fingerprint density at radius 1 is 1.00 bits per heavy atom. The van der Waals surface area contributed by atoms with Gasteiger partial charge in [0, 0.05) is 39.3 Å². The summed E-state index contributed by atoms with van der Waals surface area (Å²) in [5.41, 5.74) is 2.45. The van der Waals surface area contributed by atoms with E-state index in [2.05, 4.69) is 40.1 Å². The van der Waals surface area contributed by atoms with Crippen molar-refractivity contribution in [2.75, 3.05) is 53.0 Å². The normalized spacial score (nSPS) is 16.6. The molecule has 2 aromatic rings. The summed E-state index contributed by atoms with van der Waals surface area (Å²) < 4.78 is 11.3. The lowest BCUT2D eigenvalue weighted by molar-refractivity contribution is 0.0457. The molecule has 5 heteroatoms. The minimum atomic E-state index is -0.527. The summed E-state index contributed by atoms with van der Waals surface area (Å²) in [4.78, 5) is 4.82. The molecule has 1 heterocycles. The highest BCUT2D eigenvalue weighted by atomic mass is 16.5. The van der Waals surface area contributed by atoms with E-state index in [0.29, 0.717) is 18.0 Å². The van der Waals surface area contributed by atoms with Gasteiger partial charge < -0.3 is 19.5 Å². The molecule has 2 aromatic carbocycles. The third-order valence-electron chi connectivity index (χ3n) is 5.47. The van der Waals surface area contributed by atoms with Gasteiger partial charge in [-0.2, -0.15) is 0 Å². The number of nitrogens with zero attached hydrogens (tertiary/aromatic N) is 2. The maximum atomic E-state index is 10.5. The molecular weight excluding hydrogens is 376 g/mol. The van der Waals surface area contributed by atoms with Crippen molar-refractivity contribution < 1.29 is 14.6 Å². The van der Waals surface area contributed by atoms with Crippen LogP contribution in [0.4, 0.5) is 0 Å². The van der Waals surface area contributed by atoms with Crippen LogP contribution in [0.5, 0.6) is 11.5 Å². The van der Waals surface area contributed by atoms with E-state index in [0.717, 1.165) is 44.7 Å². The summed E-state index contributed by atoms with van der Waals surface area (Å²) in [6.45, 7) is 8.00. The topological polar surface area (TPSA) is 45.2 Å². The van der Waals surface area contributed by atoms with Crippen molar-refractivity contribution in [3.05, 3.63) is 65.7 Å². The number of β-amino-alcohol motifs (C(OH)–C–C–N with tert-alkyl or cyclic N) is 1. The van der Waals surface area contributed by atoms with E-state index in [-0.39, 0.29) is 6.61 Å². The van der Waals surface area contributed by atoms with Crippen LogP contribution in [0.25, 0.3) is 6.08 Å². The fourth-order valence-electron chi connectivity index (χ4n) is 3.76. The molecular formula is C25H34N2O3. The van der Waals surface area contributed by atoms with Gasteiger partial charge in [-0.3, -0.25) is 4.90 Å². The van der Waals surface area contributed by atoms with Crippen LogP contribution < -0.4 is 9.47 Å². The maximum Gasteiger partial charge on any atom is 0.161 e. The Labute approximate surface area is 180 Å². The van der Waals surface area contributed by atoms with Crippen molar-refractivity contribution in [2.45, 2.75) is 19.4 Å². The van der Waals surface area contributed by atoms with Crippen LogP contribution in [-0.4, -0.2) is 74.0 Å². The molecule has 0 amide bonds. The van der Waals surface area contributed by atoms with Gasteiger partial charge in [-0.1, -0.05) is 48.6 Å². The highest BCUT2D eigenvalue weighted by molar-refractivity contribution is 5.55. The first-order valence-corrected chi connectivity index (χ1v) is 10.8. The number of aliphatic hydroxyl groups excluding tert-OH is 1. The number of aliphatic hydroxyl groups is 1. The average molecular weight is 411 g/mol. The highest BCUT2D eigenvalue weighted by Crippen LogP contribution is 2.28. The van der Waals surface area contributed by atoms with Gasteiger partial charge in [0.2, 0.25) is 0 Å². The number of benzene rings is 2. The summed E-state index contributed by atoms with van der Waals surface area (Å²) in [5, 5.41) is 10.5. The number of methoxy groups -OCH3 is 1. The second-order valence-electron chi connectivity index (χ2n) is 7.75. The van der Waals surface area contributed by atoms with Gasteiger partial charge in [-0.15, -0.1) is 0 Å². The van der Waals surface area contributed by atoms with Crippen LogP contribution >= 0.6 is 0 Å². The van der Waals surface area contributed by atoms with Gasteiger partial charge >= 0.3 is 0 Å². The second kappa shape index (κ2) is 11.7. The van der Waals surface area contributed by atoms with E-state index < -0.39 is 6.10 Å². The fourth-order valence-corrected chi connectivity index (χ4v) is 3.76. The fraction of sp³-hybridized carbons (Fsp3) is 0.440. The van der Waals surface area contributed by atoms with Gasteiger partial charge in [0.15, 0.2) is 11.5 Å². The number of hydrogen-bond acceptors (Lipinski definition) is 5. The van der Waals surface area contributed by atoms with Crippen molar-refractivity contribution >= 4 is 6.08 Å². The zero-order valence-corrected chi connectivity index (χ0v) is 18.2. The zero-order chi connectivity index (χ0) is 21.2. The average Bonchev–Trinajstić information content (AvgIpc) is 2.78. The van der Waals surface area contributed by atoms with Crippen LogP contribution in [-0.2, 0) is 6.42 Å². The molecule has 0 aliphatic carbocycles. The lowest BCUT2D eigenvalue weighted by atomic mass is 10.1. The van der Waals surface area contributed by atoms with E-state index in [1.165, 1.54) is 5.56 Å². The van der Waals surface area contributed by atoms with E-state index in [1.54, 1.807) is 7.11 Å². The molecule has 1 aliphatic heterocycles. The third kappa shape index (κ3) is 6.87. The molecule has 1 unspecified atom stereocenters. The molecule has 0 spiro atoms. The molecule has 0 aromatic heterocycles. The Morgan fingerprint density at radius 3 is 2.43 bits per heavy atom. The Kier molecular flexibility index (Phi) is 8.75. The molecule has 1 N–H and O–H groups in total. The summed E-state index contributed by atoms with van der Waals surface area (Å²) in [6, 6.07) is 16.5. The van der Waals surface area contributed by atoms with Gasteiger partial charge in [0.25, 0.3) is 0 Å². The largest absolute Gasteiger partial charge is 0.493 e. The molecule has 3 rings (SSSR count). The standard InChI is InChI=1S/C25H34N2O3/c1-3-7-22-10-11-24(25(18-22)29-2)30-20-23(28)19-27-16-14-26(15-17-27)13-12-21-8-5-4-6-9-21/h3-11,18,23,28H,12-17,19-20H2,1-2H3/b7-3+. The van der Waals surface area contributed by atoms with E-state index in [9.17, 15) is 5.11 Å². The van der Waals surface area contributed by atoms with E-state index in [1.807, 2.05) is 37.3 Å². The first-order chi connectivity index (χ1) is 14.7. The monoisotopic (exact) mass is 410 g/mol. The molecule has 1 aliphatic rings. The molecule has 1 saturated heterocycles. The first kappa shape index (κ1) is 22.3. The summed E-state index contributed by atoms with van der Waals surface area (Å²) in [7, 11) is 1.63. The Morgan fingerprint density at radius 2 is 1.73 bits per heavy atom. The lowest BCUT2D eigenvalue weighted by Crippen LogP contribution is -2.49. The van der Waals surface area contributed by atoms with Crippen LogP contribution in [0.15, 0.2) is 54.6 Å². The summed E-state index contributed by atoms with van der Waals surface area (Å²) >= 11 is 0.